The molecule has 0 aliphatic heterocycles. The molecule has 0 amide bonds. The minimum Gasteiger partial charge on any atom is -0.458 e. The highest BCUT2D eigenvalue weighted by atomic mass is 35.5. The molecule has 7 heteroatoms. The number of hydrogen-bond donors (Lipinski definition) is 0. The first-order valence-corrected chi connectivity index (χ1v) is 8.34. The molecule has 6 nitrogen and oxygen atoms in total. The van der Waals surface area contributed by atoms with Gasteiger partial charge in [0.25, 0.3) is 0 Å². The molecule has 4 rings (SSSR count). The Hall–Kier alpha value is -3.12. The number of esters is 1. The van der Waals surface area contributed by atoms with Crippen molar-refractivity contribution >= 4 is 28.6 Å². The van der Waals surface area contributed by atoms with E-state index >= 15 is 0 Å². The highest BCUT2D eigenvalue weighted by Crippen LogP contribution is 2.22. The quantitative estimate of drug-likeness (QED) is 0.497. The summed E-state index contributed by atoms with van der Waals surface area (Å²) in [5.74, 6) is 0.220. The number of aromatic nitrogens is 3. The lowest BCUT2D eigenvalue weighted by Gasteiger charge is -2.04. The van der Waals surface area contributed by atoms with E-state index in [4.69, 9.17) is 20.9 Å². The standard InChI is InChI=1S/C19H14ClN3O3/c20-14-7-5-13(6-8-14)18-9-15(22-26-18)11-25-19(24)10-23-12-21-16-3-1-2-4-17(16)23/h1-9,12H,10-11H2. The Kier molecular flexibility index (Phi) is 4.41. The third-order valence-electron chi connectivity index (χ3n) is 3.90. The molecule has 0 saturated carbocycles. The third kappa shape index (κ3) is 3.45. The number of hydrogen-bond acceptors (Lipinski definition) is 5. The van der Waals surface area contributed by atoms with Gasteiger partial charge in [-0.3, -0.25) is 4.79 Å². The predicted octanol–water partition coefficient (Wildman–Crippen LogP) is 4.09. The molecule has 0 spiro atoms. The summed E-state index contributed by atoms with van der Waals surface area (Å²) in [7, 11) is 0. The van der Waals surface area contributed by atoms with E-state index in [2.05, 4.69) is 10.1 Å². The van der Waals surface area contributed by atoms with Gasteiger partial charge in [0, 0.05) is 16.7 Å². The van der Waals surface area contributed by atoms with E-state index in [9.17, 15) is 4.79 Å². The molecular formula is C19H14ClN3O3. The van der Waals surface area contributed by atoms with Crippen LogP contribution in [0, 0.1) is 0 Å². The number of carbonyl (C=O) groups excluding carboxylic acids is 1. The van der Waals surface area contributed by atoms with E-state index in [-0.39, 0.29) is 19.1 Å². The fourth-order valence-corrected chi connectivity index (χ4v) is 2.73. The fourth-order valence-electron chi connectivity index (χ4n) is 2.61. The van der Waals surface area contributed by atoms with Gasteiger partial charge < -0.3 is 13.8 Å². The lowest BCUT2D eigenvalue weighted by molar-refractivity contribution is -0.145. The average molecular weight is 368 g/mol. The molecule has 0 atom stereocenters. The highest BCUT2D eigenvalue weighted by molar-refractivity contribution is 6.30. The van der Waals surface area contributed by atoms with Crippen LogP contribution in [0.4, 0.5) is 0 Å². The molecule has 0 radical (unpaired) electrons. The van der Waals surface area contributed by atoms with Gasteiger partial charge in [-0.05, 0) is 36.4 Å². The van der Waals surface area contributed by atoms with Crippen LogP contribution in [0.2, 0.25) is 5.02 Å². The Balaban J connectivity index is 1.38. The number of fused-ring (bicyclic) bond motifs is 1. The first-order valence-electron chi connectivity index (χ1n) is 7.96. The summed E-state index contributed by atoms with van der Waals surface area (Å²) in [6, 6.07) is 16.6. The molecule has 26 heavy (non-hydrogen) atoms. The number of imidazole rings is 1. The SMILES string of the molecule is O=C(Cn1cnc2ccccc21)OCc1cc(-c2ccc(Cl)cc2)on1. The van der Waals surface area contributed by atoms with E-state index < -0.39 is 0 Å². The second-order valence-electron chi connectivity index (χ2n) is 5.71. The molecule has 4 aromatic rings. The van der Waals surface area contributed by atoms with Gasteiger partial charge >= 0.3 is 5.97 Å². The zero-order valence-electron chi connectivity index (χ0n) is 13.6. The van der Waals surface area contributed by atoms with E-state index in [1.54, 1.807) is 29.1 Å². The van der Waals surface area contributed by atoms with Crippen molar-refractivity contribution in [1.29, 1.82) is 0 Å². The van der Waals surface area contributed by atoms with Crippen LogP contribution in [0.25, 0.3) is 22.4 Å². The molecule has 0 fully saturated rings. The molecule has 2 heterocycles. The normalized spacial score (nSPS) is 11.0. The van der Waals surface area contributed by atoms with Crippen LogP contribution in [0.15, 0.2) is 65.4 Å². The van der Waals surface area contributed by atoms with Crippen LogP contribution in [0.1, 0.15) is 5.69 Å². The van der Waals surface area contributed by atoms with Gasteiger partial charge in [-0.15, -0.1) is 0 Å². The van der Waals surface area contributed by atoms with Gasteiger partial charge in [-0.2, -0.15) is 0 Å². The zero-order valence-corrected chi connectivity index (χ0v) is 14.4. The first kappa shape index (κ1) is 16.4. The highest BCUT2D eigenvalue weighted by Gasteiger charge is 2.11. The summed E-state index contributed by atoms with van der Waals surface area (Å²) in [4.78, 5) is 16.3. The van der Waals surface area contributed by atoms with Crippen LogP contribution in [0.3, 0.4) is 0 Å². The minimum atomic E-state index is -0.371. The largest absolute Gasteiger partial charge is 0.458 e. The van der Waals surface area contributed by atoms with Gasteiger partial charge in [0.05, 0.1) is 17.4 Å². The average Bonchev–Trinajstić information content (AvgIpc) is 3.28. The fraction of sp³-hybridized carbons (Fsp3) is 0.105. The van der Waals surface area contributed by atoms with E-state index in [1.165, 1.54) is 0 Å². The lowest BCUT2D eigenvalue weighted by Crippen LogP contribution is -2.12. The number of nitrogens with zero attached hydrogens (tertiary/aromatic N) is 3. The number of benzene rings is 2. The Morgan fingerprint density at radius 2 is 1.96 bits per heavy atom. The van der Waals surface area contributed by atoms with Crippen LogP contribution in [-0.2, 0) is 22.7 Å². The first-order chi connectivity index (χ1) is 12.7. The second-order valence-corrected chi connectivity index (χ2v) is 6.15. The number of ether oxygens (including phenoxy) is 1. The van der Waals surface area contributed by atoms with Crippen molar-refractivity contribution in [2.24, 2.45) is 0 Å². The van der Waals surface area contributed by atoms with Crippen molar-refractivity contribution in [3.05, 3.63) is 71.6 Å². The van der Waals surface area contributed by atoms with Gasteiger partial charge in [0.15, 0.2) is 5.76 Å². The third-order valence-corrected chi connectivity index (χ3v) is 4.15. The van der Waals surface area contributed by atoms with Crippen LogP contribution in [0.5, 0.6) is 0 Å². The van der Waals surface area contributed by atoms with E-state index in [0.717, 1.165) is 16.6 Å². The molecule has 0 aliphatic rings. The Morgan fingerprint density at radius 1 is 1.15 bits per heavy atom. The van der Waals surface area contributed by atoms with Gasteiger partial charge in [0.1, 0.15) is 18.8 Å². The smallest absolute Gasteiger partial charge is 0.326 e. The summed E-state index contributed by atoms with van der Waals surface area (Å²) in [6.07, 6.45) is 1.63. The number of halogens is 1. The summed E-state index contributed by atoms with van der Waals surface area (Å²) in [6.45, 7) is 0.130. The number of carbonyl (C=O) groups is 1. The van der Waals surface area contributed by atoms with Gasteiger partial charge in [-0.25, -0.2) is 4.98 Å². The van der Waals surface area contributed by atoms with E-state index in [0.29, 0.717) is 16.5 Å². The summed E-state index contributed by atoms with van der Waals surface area (Å²) >= 11 is 5.87. The predicted molar refractivity (Wildman–Crippen MR) is 96.5 cm³/mol. The summed E-state index contributed by atoms with van der Waals surface area (Å²) in [5, 5.41) is 4.58. The maximum Gasteiger partial charge on any atom is 0.326 e. The number of rotatable bonds is 5. The molecule has 0 bridgehead atoms. The number of para-hydroxylation sites is 2. The molecule has 130 valence electrons. The van der Waals surface area contributed by atoms with Crippen LogP contribution >= 0.6 is 11.6 Å². The Morgan fingerprint density at radius 3 is 2.81 bits per heavy atom. The van der Waals surface area contributed by atoms with Crippen molar-refractivity contribution < 1.29 is 14.1 Å². The van der Waals surface area contributed by atoms with Gasteiger partial charge in [-0.1, -0.05) is 28.9 Å². The summed E-state index contributed by atoms with van der Waals surface area (Å²) < 4.78 is 12.3. The molecule has 0 N–H and O–H groups in total. The minimum absolute atomic E-state index is 0.0442. The topological polar surface area (TPSA) is 70.2 Å². The zero-order chi connectivity index (χ0) is 17.9. The van der Waals surface area contributed by atoms with Crippen molar-refractivity contribution in [2.45, 2.75) is 13.2 Å². The molecule has 0 aliphatic carbocycles. The molecule has 2 aromatic heterocycles. The molecular weight excluding hydrogens is 354 g/mol. The van der Waals surface area contributed by atoms with Crippen molar-refractivity contribution in [3.8, 4) is 11.3 Å². The molecule has 2 aromatic carbocycles. The molecule has 0 saturated heterocycles. The monoisotopic (exact) mass is 367 g/mol. The van der Waals surface area contributed by atoms with Crippen molar-refractivity contribution in [1.82, 2.24) is 14.7 Å². The Labute approximate surface area is 154 Å². The maximum absolute atomic E-state index is 12.1. The van der Waals surface area contributed by atoms with E-state index in [1.807, 2.05) is 36.4 Å². The van der Waals surface area contributed by atoms with Gasteiger partial charge in [0.2, 0.25) is 0 Å². The summed E-state index contributed by atoms with van der Waals surface area (Å²) in [5.41, 5.74) is 3.11. The molecule has 0 unspecified atom stereocenters. The second kappa shape index (κ2) is 7.01. The van der Waals surface area contributed by atoms with Crippen LogP contribution < -0.4 is 0 Å². The van der Waals surface area contributed by atoms with Crippen molar-refractivity contribution in [2.75, 3.05) is 0 Å². The van der Waals surface area contributed by atoms with Crippen LogP contribution in [-0.4, -0.2) is 20.7 Å². The van der Waals surface area contributed by atoms with Crippen molar-refractivity contribution in [3.63, 3.8) is 0 Å². The lowest BCUT2D eigenvalue weighted by atomic mass is 10.2. The Bertz CT molecular complexity index is 1050. The maximum atomic E-state index is 12.1.